The maximum absolute atomic E-state index is 11.7. The van der Waals surface area contributed by atoms with Crippen LogP contribution >= 0.6 is 0 Å². The summed E-state index contributed by atoms with van der Waals surface area (Å²) < 4.78 is 20.4. The number of rotatable bonds is 20. The van der Waals surface area contributed by atoms with Gasteiger partial charge in [-0.15, -0.1) is 0 Å². The van der Waals surface area contributed by atoms with Gasteiger partial charge < -0.3 is 34.0 Å². The van der Waals surface area contributed by atoms with Gasteiger partial charge in [0.15, 0.2) is 0 Å². The highest BCUT2D eigenvalue weighted by Crippen LogP contribution is 1.94. The zero-order valence-corrected chi connectivity index (χ0v) is 21.5. The maximum atomic E-state index is 11.7. The number of ether oxygens (including phenoxy) is 3. The number of aryl methyl sites for hydroxylation is 2. The molecular formula is C26H44N4O5. The van der Waals surface area contributed by atoms with Crippen molar-refractivity contribution in [3.05, 3.63) is 49.1 Å². The Morgan fingerprint density at radius 1 is 0.600 bits per heavy atom. The van der Waals surface area contributed by atoms with Gasteiger partial charge >= 0.3 is 0 Å². The molecule has 198 valence electrons. The Morgan fingerprint density at radius 3 is 1.31 bits per heavy atom. The second-order valence-electron chi connectivity index (χ2n) is 7.59. The Hall–Kier alpha value is -2.62. The third-order valence-corrected chi connectivity index (χ3v) is 4.85. The van der Waals surface area contributed by atoms with Gasteiger partial charge in [-0.25, -0.2) is 0 Å². The molecule has 0 aromatic carbocycles. The average Bonchev–Trinajstić information content (AvgIpc) is 3.59. The van der Waals surface area contributed by atoms with Crippen LogP contribution in [-0.4, -0.2) is 73.7 Å². The first-order valence-electron chi connectivity index (χ1n) is 12.7. The van der Waals surface area contributed by atoms with E-state index in [-0.39, 0.29) is 11.8 Å². The Morgan fingerprint density at radius 2 is 0.943 bits per heavy atom. The molecule has 0 atom stereocenters. The van der Waals surface area contributed by atoms with E-state index >= 15 is 0 Å². The molecule has 0 unspecified atom stereocenters. The first kappa shape index (κ1) is 30.4. The van der Waals surface area contributed by atoms with E-state index in [1.807, 2.05) is 72.0 Å². The van der Waals surface area contributed by atoms with Crippen molar-refractivity contribution >= 4 is 11.8 Å². The van der Waals surface area contributed by atoms with Crippen LogP contribution in [0.25, 0.3) is 0 Å². The van der Waals surface area contributed by atoms with Crippen LogP contribution in [0.15, 0.2) is 49.1 Å². The second-order valence-corrected chi connectivity index (χ2v) is 7.59. The standard InChI is InChI=1S/C24H38N4O5.C2H6/c29-23(7-15-27-11-1-2-12-27)25-9-5-17-31-19-21-33-22-20-32-18-6-10-26-24(30)8-16-28-13-3-4-14-28;1-2/h1-4,11-14H,5-10,15-22H2,(H,25,29)(H,26,30);1-2H3. The third kappa shape index (κ3) is 17.5. The number of hydrogen-bond donors (Lipinski definition) is 2. The van der Waals surface area contributed by atoms with Crippen molar-refractivity contribution in [1.29, 1.82) is 0 Å². The van der Waals surface area contributed by atoms with Crippen molar-refractivity contribution in [2.24, 2.45) is 0 Å². The van der Waals surface area contributed by atoms with Gasteiger partial charge in [-0.05, 0) is 37.1 Å². The SMILES string of the molecule is CC.O=C(CCn1cccc1)NCCCOCCOCCOCCCNC(=O)CCn1cccc1. The van der Waals surface area contributed by atoms with Crippen LogP contribution in [0.3, 0.4) is 0 Å². The molecule has 2 aromatic heterocycles. The molecule has 0 saturated carbocycles. The summed E-state index contributed by atoms with van der Waals surface area (Å²) in [6.07, 6.45) is 10.3. The van der Waals surface area contributed by atoms with E-state index in [1.54, 1.807) is 0 Å². The minimum Gasteiger partial charge on any atom is -0.379 e. The molecule has 0 bridgehead atoms. The van der Waals surface area contributed by atoms with E-state index in [2.05, 4.69) is 10.6 Å². The maximum Gasteiger partial charge on any atom is 0.221 e. The van der Waals surface area contributed by atoms with Crippen LogP contribution in [0.1, 0.15) is 39.5 Å². The zero-order chi connectivity index (χ0) is 25.4. The van der Waals surface area contributed by atoms with Crippen molar-refractivity contribution in [1.82, 2.24) is 19.8 Å². The zero-order valence-electron chi connectivity index (χ0n) is 21.5. The summed E-state index contributed by atoms with van der Waals surface area (Å²) >= 11 is 0. The van der Waals surface area contributed by atoms with E-state index < -0.39 is 0 Å². The van der Waals surface area contributed by atoms with Gasteiger partial charge in [0.1, 0.15) is 0 Å². The second kappa shape index (κ2) is 21.9. The number of amides is 2. The van der Waals surface area contributed by atoms with Crippen LogP contribution in [0.5, 0.6) is 0 Å². The summed E-state index contributed by atoms with van der Waals surface area (Å²) in [4.78, 5) is 23.5. The Bertz CT molecular complexity index is 673. The number of nitrogens with one attached hydrogen (secondary N) is 2. The molecule has 0 radical (unpaired) electrons. The molecule has 2 heterocycles. The van der Waals surface area contributed by atoms with Gasteiger partial charge in [0, 0.05) is 77.0 Å². The van der Waals surface area contributed by atoms with E-state index in [1.165, 1.54) is 0 Å². The molecule has 9 heteroatoms. The van der Waals surface area contributed by atoms with Crippen molar-refractivity contribution in [2.75, 3.05) is 52.7 Å². The van der Waals surface area contributed by atoms with Gasteiger partial charge in [0.05, 0.1) is 26.4 Å². The van der Waals surface area contributed by atoms with Gasteiger partial charge in [0.25, 0.3) is 0 Å². The van der Waals surface area contributed by atoms with E-state index in [4.69, 9.17) is 14.2 Å². The summed E-state index contributed by atoms with van der Waals surface area (Å²) in [6.45, 7) is 9.90. The lowest BCUT2D eigenvalue weighted by atomic mass is 10.3. The smallest absolute Gasteiger partial charge is 0.221 e. The summed E-state index contributed by atoms with van der Waals surface area (Å²) in [5, 5.41) is 5.80. The van der Waals surface area contributed by atoms with Crippen molar-refractivity contribution in [3.8, 4) is 0 Å². The highest BCUT2D eigenvalue weighted by molar-refractivity contribution is 5.76. The molecule has 0 fully saturated rings. The fourth-order valence-electron chi connectivity index (χ4n) is 3.02. The quantitative estimate of drug-likeness (QED) is 0.277. The van der Waals surface area contributed by atoms with E-state index in [0.717, 1.165) is 12.8 Å². The normalized spacial score (nSPS) is 10.5. The molecule has 0 aliphatic rings. The highest BCUT2D eigenvalue weighted by Gasteiger charge is 2.02. The molecular weight excluding hydrogens is 448 g/mol. The van der Waals surface area contributed by atoms with Crippen molar-refractivity contribution in [2.45, 2.75) is 52.6 Å². The summed E-state index contributed by atoms with van der Waals surface area (Å²) in [6, 6.07) is 7.79. The molecule has 2 aromatic rings. The fraction of sp³-hybridized carbons (Fsp3) is 0.615. The molecule has 0 saturated heterocycles. The average molecular weight is 493 g/mol. The molecule has 9 nitrogen and oxygen atoms in total. The predicted molar refractivity (Wildman–Crippen MR) is 137 cm³/mol. The summed E-state index contributed by atoms with van der Waals surface area (Å²) in [7, 11) is 0. The number of nitrogens with zero attached hydrogens (tertiary/aromatic N) is 2. The van der Waals surface area contributed by atoms with Crippen LogP contribution < -0.4 is 10.6 Å². The van der Waals surface area contributed by atoms with E-state index in [9.17, 15) is 9.59 Å². The van der Waals surface area contributed by atoms with Crippen LogP contribution in [0.4, 0.5) is 0 Å². The Labute approximate surface area is 210 Å². The van der Waals surface area contributed by atoms with Gasteiger partial charge in [-0.1, -0.05) is 13.8 Å². The van der Waals surface area contributed by atoms with Gasteiger partial charge in [-0.3, -0.25) is 9.59 Å². The number of carbonyl (C=O) groups is 2. The molecule has 0 aliphatic heterocycles. The lowest BCUT2D eigenvalue weighted by molar-refractivity contribution is -0.122. The van der Waals surface area contributed by atoms with E-state index in [0.29, 0.717) is 78.7 Å². The van der Waals surface area contributed by atoms with Gasteiger partial charge in [0.2, 0.25) is 11.8 Å². The monoisotopic (exact) mass is 492 g/mol. The fourth-order valence-corrected chi connectivity index (χ4v) is 3.02. The van der Waals surface area contributed by atoms with Gasteiger partial charge in [-0.2, -0.15) is 0 Å². The number of hydrogen-bond acceptors (Lipinski definition) is 5. The lowest BCUT2D eigenvalue weighted by Crippen LogP contribution is -2.26. The minimum atomic E-state index is 0.0576. The van der Waals surface area contributed by atoms with Crippen molar-refractivity contribution < 1.29 is 23.8 Å². The molecule has 0 aliphatic carbocycles. The molecule has 2 amide bonds. The first-order chi connectivity index (χ1) is 17.2. The van der Waals surface area contributed by atoms with Crippen LogP contribution in [0, 0.1) is 0 Å². The summed E-state index contributed by atoms with van der Waals surface area (Å²) in [5.41, 5.74) is 0. The Balaban J connectivity index is 0.00000298. The topological polar surface area (TPSA) is 95.8 Å². The molecule has 35 heavy (non-hydrogen) atoms. The van der Waals surface area contributed by atoms with Crippen LogP contribution in [-0.2, 0) is 36.9 Å². The number of carbonyl (C=O) groups excluding carboxylic acids is 2. The molecule has 2 N–H and O–H groups in total. The number of aromatic nitrogens is 2. The Kier molecular flexibility index (Phi) is 19.0. The van der Waals surface area contributed by atoms with Crippen LogP contribution in [0.2, 0.25) is 0 Å². The third-order valence-electron chi connectivity index (χ3n) is 4.85. The molecule has 0 spiro atoms. The highest BCUT2D eigenvalue weighted by atomic mass is 16.5. The summed E-state index contributed by atoms with van der Waals surface area (Å²) in [5.74, 6) is 0.115. The predicted octanol–water partition coefficient (Wildman–Crippen LogP) is 2.86. The van der Waals surface area contributed by atoms with Crippen molar-refractivity contribution in [3.63, 3.8) is 0 Å². The largest absolute Gasteiger partial charge is 0.379 e. The first-order valence-corrected chi connectivity index (χ1v) is 12.7. The minimum absolute atomic E-state index is 0.0576. The lowest BCUT2D eigenvalue weighted by Gasteiger charge is -2.08. The molecule has 2 rings (SSSR count).